The average Bonchev–Trinajstić information content (AvgIpc) is 2.95. The van der Waals surface area contributed by atoms with Crippen LogP contribution in [0.25, 0.3) is 0 Å². The summed E-state index contributed by atoms with van der Waals surface area (Å²) in [7, 11) is 0. The van der Waals surface area contributed by atoms with Gasteiger partial charge in [-0.2, -0.15) is 12.6 Å². The van der Waals surface area contributed by atoms with Crippen molar-refractivity contribution < 1.29 is 9.18 Å². The van der Waals surface area contributed by atoms with E-state index in [-0.39, 0.29) is 11.8 Å². The highest BCUT2D eigenvalue weighted by Crippen LogP contribution is 2.38. The van der Waals surface area contributed by atoms with E-state index >= 15 is 0 Å². The molecule has 0 fully saturated rings. The van der Waals surface area contributed by atoms with Crippen molar-refractivity contribution in [1.29, 1.82) is 0 Å². The summed E-state index contributed by atoms with van der Waals surface area (Å²) in [6.07, 6.45) is 0.420. The number of thiol groups is 1. The van der Waals surface area contributed by atoms with Crippen LogP contribution in [0.4, 0.5) is 15.8 Å². The first-order valence-corrected chi connectivity index (χ1v) is 9.37. The molecular formula is C18H23FN2OS2. The zero-order valence-electron chi connectivity index (χ0n) is 14.2. The Morgan fingerprint density at radius 3 is 2.62 bits per heavy atom. The number of halogens is 1. The standard InChI is InChI=1S/C12H15FN2O.C6H8S2/c1-3-15-11(16)4-7(2)9-5-8(14)6-10(13)12(9)15;1-5-2-3-6(4-7)8-5/h5-7H,3-4,14H2,1-2H3;2-3,7H,4H2,1H3. The number of nitrogen functional groups attached to an aromatic ring is 1. The molecule has 3 nitrogen and oxygen atoms in total. The first kappa shape index (κ1) is 18.8. The number of anilines is 2. The number of aryl methyl sites for hydroxylation is 1. The second-order valence-electron chi connectivity index (χ2n) is 5.85. The number of fused-ring (bicyclic) bond motifs is 1. The van der Waals surface area contributed by atoms with E-state index in [1.807, 2.05) is 25.2 Å². The topological polar surface area (TPSA) is 46.3 Å². The largest absolute Gasteiger partial charge is 0.399 e. The number of nitrogens with zero attached hydrogens (tertiary/aromatic N) is 1. The van der Waals surface area contributed by atoms with Gasteiger partial charge in [-0.3, -0.25) is 4.79 Å². The maximum atomic E-state index is 13.8. The number of thiophene rings is 1. The number of amides is 1. The van der Waals surface area contributed by atoms with E-state index in [0.29, 0.717) is 24.3 Å². The summed E-state index contributed by atoms with van der Waals surface area (Å²) in [5, 5.41) is 0. The van der Waals surface area contributed by atoms with Gasteiger partial charge < -0.3 is 10.6 Å². The van der Waals surface area contributed by atoms with Crippen LogP contribution in [0.3, 0.4) is 0 Å². The van der Waals surface area contributed by atoms with E-state index < -0.39 is 5.82 Å². The zero-order valence-corrected chi connectivity index (χ0v) is 15.9. The molecule has 0 saturated heterocycles. The van der Waals surface area contributed by atoms with Gasteiger partial charge in [0.2, 0.25) is 5.91 Å². The fourth-order valence-electron chi connectivity index (χ4n) is 2.81. The van der Waals surface area contributed by atoms with Gasteiger partial charge in [-0.1, -0.05) is 6.92 Å². The third-order valence-electron chi connectivity index (χ3n) is 3.97. The van der Waals surface area contributed by atoms with Crippen LogP contribution in [0.5, 0.6) is 0 Å². The lowest BCUT2D eigenvalue weighted by Gasteiger charge is -2.32. The normalized spacial score (nSPS) is 16.5. The van der Waals surface area contributed by atoms with Gasteiger partial charge in [0, 0.05) is 34.2 Å². The quantitative estimate of drug-likeness (QED) is 0.595. The molecule has 0 bridgehead atoms. The van der Waals surface area contributed by atoms with Crippen LogP contribution in [-0.4, -0.2) is 12.5 Å². The van der Waals surface area contributed by atoms with E-state index in [2.05, 4.69) is 31.7 Å². The van der Waals surface area contributed by atoms with E-state index in [9.17, 15) is 9.18 Å². The molecule has 3 rings (SSSR count). The summed E-state index contributed by atoms with van der Waals surface area (Å²) in [5.41, 5.74) is 7.27. The number of carbonyl (C=O) groups excluding carboxylic acids is 1. The van der Waals surface area contributed by atoms with Crippen molar-refractivity contribution in [3.63, 3.8) is 0 Å². The minimum Gasteiger partial charge on any atom is -0.399 e. The molecule has 0 radical (unpaired) electrons. The molecule has 1 aromatic carbocycles. The molecule has 24 heavy (non-hydrogen) atoms. The molecule has 2 heterocycles. The number of hydrogen-bond acceptors (Lipinski definition) is 4. The maximum Gasteiger partial charge on any atom is 0.227 e. The van der Waals surface area contributed by atoms with Crippen molar-refractivity contribution in [1.82, 2.24) is 0 Å². The fourth-order valence-corrected chi connectivity index (χ4v) is 3.86. The first-order valence-electron chi connectivity index (χ1n) is 7.92. The summed E-state index contributed by atoms with van der Waals surface area (Å²) < 4.78 is 13.8. The summed E-state index contributed by atoms with van der Waals surface area (Å²) in [6.45, 7) is 6.35. The van der Waals surface area contributed by atoms with E-state index in [1.54, 1.807) is 6.07 Å². The summed E-state index contributed by atoms with van der Waals surface area (Å²) >= 11 is 5.95. The lowest BCUT2D eigenvalue weighted by atomic mass is 9.90. The van der Waals surface area contributed by atoms with E-state index in [0.717, 1.165) is 11.3 Å². The Morgan fingerprint density at radius 2 is 2.12 bits per heavy atom. The van der Waals surface area contributed by atoms with Gasteiger partial charge in [0.15, 0.2) is 0 Å². The van der Waals surface area contributed by atoms with Crippen molar-refractivity contribution in [2.75, 3.05) is 17.2 Å². The van der Waals surface area contributed by atoms with Crippen LogP contribution in [-0.2, 0) is 10.5 Å². The lowest BCUT2D eigenvalue weighted by molar-refractivity contribution is -0.119. The molecule has 1 aliphatic rings. The average molecular weight is 367 g/mol. The Balaban J connectivity index is 0.000000219. The van der Waals surface area contributed by atoms with Crippen molar-refractivity contribution in [3.8, 4) is 0 Å². The summed E-state index contributed by atoms with van der Waals surface area (Å²) in [4.78, 5) is 16.0. The van der Waals surface area contributed by atoms with Crippen LogP contribution < -0.4 is 10.6 Å². The maximum absolute atomic E-state index is 13.8. The molecule has 1 atom stereocenters. The molecule has 2 aromatic rings. The van der Waals surface area contributed by atoms with Crippen molar-refractivity contribution >= 4 is 41.2 Å². The number of nitrogens with two attached hydrogens (primary N) is 1. The molecule has 0 spiro atoms. The van der Waals surface area contributed by atoms with Gasteiger partial charge in [0.05, 0.1) is 5.69 Å². The Labute approximate surface area is 152 Å². The fraction of sp³-hybridized carbons (Fsp3) is 0.389. The smallest absolute Gasteiger partial charge is 0.227 e. The molecule has 130 valence electrons. The predicted octanol–water partition coefficient (Wildman–Crippen LogP) is 4.75. The zero-order chi connectivity index (χ0) is 17.9. The summed E-state index contributed by atoms with van der Waals surface area (Å²) in [5.74, 6) is 0.477. The molecule has 0 saturated carbocycles. The number of rotatable bonds is 2. The van der Waals surface area contributed by atoms with Crippen LogP contribution in [0.1, 0.15) is 41.5 Å². The molecule has 6 heteroatoms. The molecule has 0 aliphatic carbocycles. The third-order valence-corrected chi connectivity index (χ3v) is 5.52. The highest BCUT2D eigenvalue weighted by molar-refractivity contribution is 7.79. The first-order chi connectivity index (χ1) is 11.4. The van der Waals surface area contributed by atoms with Gasteiger partial charge in [-0.25, -0.2) is 4.39 Å². The molecule has 1 amide bonds. The van der Waals surface area contributed by atoms with Crippen LogP contribution >= 0.6 is 24.0 Å². The van der Waals surface area contributed by atoms with Crippen LogP contribution in [0.15, 0.2) is 24.3 Å². The molecule has 1 unspecified atom stereocenters. The summed E-state index contributed by atoms with van der Waals surface area (Å²) in [6, 6.07) is 7.27. The number of hydrogen-bond donors (Lipinski definition) is 2. The highest BCUT2D eigenvalue weighted by atomic mass is 32.1. The lowest BCUT2D eigenvalue weighted by Crippen LogP contribution is -2.36. The predicted molar refractivity (Wildman–Crippen MR) is 104 cm³/mol. The SMILES string of the molecule is CCN1C(=O)CC(C)c2cc(N)cc(F)c21.Cc1ccc(CS)s1. The van der Waals surface area contributed by atoms with Crippen LogP contribution in [0.2, 0.25) is 0 Å². The molecular weight excluding hydrogens is 343 g/mol. The second-order valence-corrected chi connectivity index (χ2v) is 7.54. The van der Waals surface area contributed by atoms with E-state index in [4.69, 9.17) is 5.73 Å². The van der Waals surface area contributed by atoms with Gasteiger partial charge in [0.25, 0.3) is 0 Å². The monoisotopic (exact) mass is 366 g/mol. The highest BCUT2D eigenvalue weighted by Gasteiger charge is 2.30. The molecule has 2 N–H and O–H groups in total. The minimum atomic E-state index is -0.406. The van der Waals surface area contributed by atoms with Crippen molar-refractivity contribution in [3.05, 3.63) is 45.4 Å². The Hall–Kier alpha value is -1.53. The number of carbonyl (C=O) groups is 1. The Morgan fingerprint density at radius 1 is 1.42 bits per heavy atom. The molecule has 1 aliphatic heterocycles. The van der Waals surface area contributed by atoms with Gasteiger partial charge >= 0.3 is 0 Å². The van der Waals surface area contributed by atoms with E-state index in [1.165, 1.54) is 20.7 Å². The van der Waals surface area contributed by atoms with Crippen molar-refractivity contribution in [2.24, 2.45) is 0 Å². The second kappa shape index (κ2) is 8.03. The van der Waals surface area contributed by atoms with Crippen molar-refractivity contribution in [2.45, 2.75) is 38.9 Å². The van der Waals surface area contributed by atoms with Crippen LogP contribution in [0, 0.1) is 12.7 Å². The Kier molecular flexibility index (Phi) is 6.29. The third kappa shape index (κ3) is 4.11. The van der Waals surface area contributed by atoms with Gasteiger partial charge in [-0.05, 0) is 49.6 Å². The minimum absolute atomic E-state index is 0.0221. The van der Waals surface area contributed by atoms with Gasteiger partial charge in [0.1, 0.15) is 5.82 Å². The molecule has 1 aromatic heterocycles. The van der Waals surface area contributed by atoms with Gasteiger partial charge in [-0.15, -0.1) is 11.3 Å². The Bertz CT molecular complexity index is 730. The number of benzene rings is 1.